The van der Waals surface area contributed by atoms with Crippen molar-refractivity contribution >= 4 is 0 Å². The molecule has 2 saturated heterocycles. The number of nitrogens with zero attached hydrogens (tertiary/aromatic N) is 1. The minimum Gasteiger partial charge on any atom is -0.285 e. The van der Waals surface area contributed by atoms with Crippen molar-refractivity contribution in [2.24, 2.45) is 17.8 Å². The van der Waals surface area contributed by atoms with Crippen LogP contribution in [-0.4, -0.2) is 42.0 Å². The highest BCUT2D eigenvalue weighted by atomic mass is 19.1. The molecule has 0 radical (unpaired) electrons. The van der Waals surface area contributed by atoms with Gasteiger partial charge in [0.15, 0.2) is 0 Å². The largest absolute Gasteiger partial charge is 0.285 e. The first-order valence-electron chi connectivity index (χ1n) is 12.2. The Morgan fingerprint density at radius 2 is 1.26 bits per heavy atom. The number of nitrogens with one attached hydrogen (secondary N) is 2. The number of hydrogen-bond donors (Lipinski definition) is 2. The molecule has 27 heavy (non-hydrogen) atoms. The number of fused-ring (bicyclic) bond motifs is 1. The molecule has 0 aromatic heterocycles. The molecule has 3 nitrogen and oxygen atoms in total. The maximum Gasteiger partial charge on any atom is 0.115 e. The van der Waals surface area contributed by atoms with Crippen molar-refractivity contribution in [2.45, 2.75) is 120 Å². The van der Waals surface area contributed by atoms with E-state index >= 15 is 0 Å². The summed E-state index contributed by atoms with van der Waals surface area (Å²) in [5.74, 6) is 2.47. The molecule has 0 bridgehead atoms. The monoisotopic (exact) mass is 377 g/mol. The fraction of sp³-hybridized carbons (Fsp3) is 1.00. The van der Waals surface area contributed by atoms with Crippen molar-refractivity contribution in [1.29, 1.82) is 0 Å². The first-order valence-corrected chi connectivity index (χ1v) is 12.2. The molecule has 0 spiro atoms. The van der Waals surface area contributed by atoms with Crippen LogP contribution in [0.4, 0.5) is 4.39 Å². The lowest BCUT2D eigenvalue weighted by Gasteiger charge is -2.40. The van der Waals surface area contributed by atoms with Crippen molar-refractivity contribution in [3.63, 3.8) is 0 Å². The molecule has 5 fully saturated rings. The van der Waals surface area contributed by atoms with Crippen LogP contribution in [0.5, 0.6) is 0 Å². The van der Waals surface area contributed by atoms with E-state index in [4.69, 9.17) is 0 Å². The van der Waals surface area contributed by atoms with Crippen LogP contribution in [0.2, 0.25) is 0 Å². The molecule has 2 heterocycles. The van der Waals surface area contributed by atoms with E-state index in [9.17, 15) is 4.39 Å². The predicted octanol–water partition coefficient (Wildman–Crippen LogP) is 4.57. The molecule has 0 aromatic rings. The van der Waals surface area contributed by atoms with E-state index < -0.39 is 6.17 Å². The van der Waals surface area contributed by atoms with E-state index in [1.165, 1.54) is 70.8 Å². The average molecular weight is 378 g/mol. The standard InChI is InChI=1S/C23H40FN3/c24-19-13-11-16(12-14-19)20-15-27-22(18-9-5-2-6-10-18)21(26-23(27)25-20)17-7-3-1-4-8-17/h16-23,25-26H,1-15H2. The number of rotatable bonds is 3. The van der Waals surface area contributed by atoms with Crippen LogP contribution < -0.4 is 10.6 Å². The molecule has 5 aliphatic rings. The van der Waals surface area contributed by atoms with E-state index in [0.29, 0.717) is 24.3 Å². The van der Waals surface area contributed by atoms with Gasteiger partial charge in [-0.3, -0.25) is 15.5 Å². The Morgan fingerprint density at radius 1 is 0.630 bits per heavy atom. The summed E-state index contributed by atoms with van der Waals surface area (Å²) >= 11 is 0. The Bertz CT molecular complexity index is 480. The van der Waals surface area contributed by atoms with E-state index in [-0.39, 0.29) is 0 Å². The molecular formula is C23H40FN3. The molecule has 2 N–H and O–H groups in total. The van der Waals surface area contributed by atoms with Crippen LogP contribution in [-0.2, 0) is 0 Å². The second kappa shape index (κ2) is 8.28. The zero-order chi connectivity index (χ0) is 18.2. The topological polar surface area (TPSA) is 27.3 Å². The lowest BCUT2D eigenvalue weighted by molar-refractivity contribution is 0.116. The van der Waals surface area contributed by atoms with E-state index in [2.05, 4.69) is 15.5 Å². The zero-order valence-corrected chi connectivity index (χ0v) is 17.1. The molecule has 4 heteroatoms. The third-order valence-corrected chi connectivity index (χ3v) is 8.77. The summed E-state index contributed by atoms with van der Waals surface area (Å²) in [6.07, 6.45) is 18.0. The molecule has 5 rings (SSSR count). The van der Waals surface area contributed by atoms with Gasteiger partial charge >= 0.3 is 0 Å². The van der Waals surface area contributed by atoms with Crippen LogP contribution >= 0.6 is 0 Å². The summed E-state index contributed by atoms with van der Waals surface area (Å²) < 4.78 is 13.6. The lowest BCUT2D eigenvalue weighted by Crippen LogP contribution is -2.50. The summed E-state index contributed by atoms with van der Waals surface area (Å²) in [7, 11) is 0. The van der Waals surface area contributed by atoms with Gasteiger partial charge in [-0.1, -0.05) is 38.5 Å². The summed E-state index contributed by atoms with van der Waals surface area (Å²) in [5, 5.41) is 8.06. The average Bonchev–Trinajstić information content (AvgIpc) is 3.28. The minimum absolute atomic E-state index is 0.386. The number of halogens is 1. The van der Waals surface area contributed by atoms with Crippen LogP contribution in [0.25, 0.3) is 0 Å². The second-order valence-corrected chi connectivity index (χ2v) is 10.4. The van der Waals surface area contributed by atoms with Gasteiger partial charge in [0.25, 0.3) is 0 Å². The summed E-state index contributed by atoms with van der Waals surface area (Å²) in [4.78, 5) is 2.83. The summed E-state index contributed by atoms with van der Waals surface area (Å²) in [6.45, 7) is 1.20. The van der Waals surface area contributed by atoms with Crippen molar-refractivity contribution in [2.75, 3.05) is 6.54 Å². The van der Waals surface area contributed by atoms with Crippen LogP contribution in [0, 0.1) is 17.8 Å². The first-order chi connectivity index (χ1) is 13.3. The predicted molar refractivity (Wildman–Crippen MR) is 108 cm³/mol. The van der Waals surface area contributed by atoms with Gasteiger partial charge < -0.3 is 0 Å². The normalized spacial score (nSPS) is 45.2. The molecule has 2 aliphatic heterocycles. The van der Waals surface area contributed by atoms with Crippen molar-refractivity contribution in [1.82, 2.24) is 15.5 Å². The number of alkyl halides is 1. The van der Waals surface area contributed by atoms with Crippen LogP contribution in [0.3, 0.4) is 0 Å². The highest BCUT2D eigenvalue weighted by molar-refractivity contribution is 5.07. The summed E-state index contributed by atoms with van der Waals surface area (Å²) in [5.41, 5.74) is 0. The highest BCUT2D eigenvalue weighted by Crippen LogP contribution is 2.42. The number of hydrogen-bond acceptors (Lipinski definition) is 3. The Hall–Kier alpha value is -0.190. The fourth-order valence-corrected chi connectivity index (χ4v) is 7.32. The second-order valence-electron chi connectivity index (χ2n) is 10.4. The van der Waals surface area contributed by atoms with Gasteiger partial charge in [-0.2, -0.15) is 0 Å². The Labute approximate surface area is 165 Å². The maximum absolute atomic E-state index is 13.6. The molecule has 154 valence electrons. The lowest BCUT2D eigenvalue weighted by atomic mass is 9.74. The summed E-state index contributed by atoms with van der Waals surface area (Å²) in [6, 6.07) is 2.02. The fourth-order valence-electron chi connectivity index (χ4n) is 7.32. The van der Waals surface area contributed by atoms with Gasteiger partial charge in [0.1, 0.15) is 12.5 Å². The molecule has 4 unspecified atom stereocenters. The molecule has 3 saturated carbocycles. The molecular weight excluding hydrogens is 337 g/mol. The molecule has 3 aliphatic carbocycles. The van der Waals surface area contributed by atoms with Crippen LogP contribution in [0.1, 0.15) is 89.9 Å². The smallest absolute Gasteiger partial charge is 0.115 e. The molecule has 0 aromatic carbocycles. The zero-order valence-electron chi connectivity index (χ0n) is 17.1. The minimum atomic E-state index is -0.536. The van der Waals surface area contributed by atoms with Crippen molar-refractivity contribution in [3.8, 4) is 0 Å². The van der Waals surface area contributed by atoms with Gasteiger partial charge in [0, 0.05) is 24.7 Å². The molecule has 4 atom stereocenters. The van der Waals surface area contributed by atoms with Gasteiger partial charge in [-0.25, -0.2) is 4.39 Å². The highest BCUT2D eigenvalue weighted by Gasteiger charge is 2.52. The van der Waals surface area contributed by atoms with Crippen LogP contribution in [0.15, 0.2) is 0 Å². The van der Waals surface area contributed by atoms with Gasteiger partial charge in [-0.05, 0) is 69.1 Å². The van der Waals surface area contributed by atoms with E-state index in [0.717, 1.165) is 43.6 Å². The third-order valence-electron chi connectivity index (χ3n) is 8.77. The Kier molecular flexibility index (Phi) is 5.77. The van der Waals surface area contributed by atoms with Crippen molar-refractivity contribution in [3.05, 3.63) is 0 Å². The van der Waals surface area contributed by atoms with Gasteiger partial charge in [0.05, 0.1) is 0 Å². The SMILES string of the molecule is FC1CCC(C2CN3C(N2)NC(C2CCCCC2)C3C2CCCCC2)CC1. The van der Waals surface area contributed by atoms with Crippen molar-refractivity contribution < 1.29 is 4.39 Å². The first kappa shape index (κ1) is 18.8. The Balaban J connectivity index is 1.30. The van der Waals surface area contributed by atoms with Gasteiger partial charge in [-0.15, -0.1) is 0 Å². The van der Waals surface area contributed by atoms with Gasteiger partial charge in [0.2, 0.25) is 0 Å². The van der Waals surface area contributed by atoms with E-state index in [1.54, 1.807) is 0 Å². The Morgan fingerprint density at radius 3 is 1.93 bits per heavy atom. The quantitative estimate of drug-likeness (QED) is 0.754. The molecule has 0 amide bonds. The van der Waals surface area contributed by atoms with E-state index in [1.807, 2.05) is 0 Å². The third kappa shape index (κ3) is 3.83. The maximum atomic E-state index is 13.6.